The summed E-state index contributed by atoms with van der Waals surface area (Å²) in [6.45, 7) is 4.62. The first-order chi connectivity index (χ1) is 13.0. The monoisotopic (exact) mass is 365 g/mol. The lowest BCUT2D eigenvalue weighted by molar-refractivity contribution is -0.114. The number of amides is 1. The minimum atomic E-state index is -0.101. The van der Waals surface area contributed by atoms with Crippen molar-refractivity contribution in [3.05, 3.63) is 60.4 Å². The highest BCUT2D eigenvalue weighted by molar-refractivity contribution is 5.89. The Morgan fingerprint density at radius 2 is 1.93 bits per heavy atom. The van der Waals surface area contributed by atoms with E-state index in [2.05, 4.69) is 10.4 Å². The number of aromatic nitrogens is 2. The van der Waals surface area contributed by atoms with Crippen molar-refractivity contribution in [3.63, 3.8) is 0 Å². The SMILES string of the molecule is COc1cc(OCCn2ccc(C)n2)cc(-c2cccc(NC(C)=O)c2)c1. The van der Waals surface area contributed by atoms with Crippen LogP contribution in [0.25, 0.3) is 11.1 Å². The second-order valence-electron chi connectivity index (χ2n) is 6.23. The number of nitrogens with one attached hydrogen (secondary N) is 1. The van der Waals surface area contributed by atoms with Crippen molar-refractivity contribution in [1.82, 2.24) is 9.78 Å². The van der Waals surface area contributed by atoms with Gasteiger partial charge in [0.05, 0.1) is 19.3 Å². The molecule has 3 rings (SSSR count). The number of nitrogens with zero attached hydrogens (tertiary/aromatic N) is 2. The lowest BCUT2D eigenvalue weighted by atomic mass is 10.0. The quantitative estimate of drug-likeness (QED) is 0.689. The van der Waals surface area contributed by atoms with E-state index in [-0.39, 0.29) is 5.91 Å². The van der Waals surface area contributed by atoms with Crippen LogP contribution < -0.4 is 14.8 Å². The number of carbonyl (C=O) groups excluding carboxylic acids is 1. The van der Waals surface area contributed by atoms with E-state index in [9.17, 15) is 4.79 Å². The average Bonchev–Trinajstić information content (AvgIpc) is 3.06. The Labute approximate surface area is 158 Å². The second kappa shape index (κ2) is 8.40. The molecule has 2 aromatic carbocycles. The summed E-state index contributed by atoms with van der Waals surface area (Å²) in [4.78, 5) is 11.3. The van der Waals surface area contributed by atoms with E-state index in [1.807, 2.05) is 66.3 Å². The molecule has 3 aromatic rings. The summed E-state index contributed by atoms with van der Waals surface area (Å²) in [6, 6.07) is 15.4. The van der Waals surface area contributed by atoms with Crippen LogP contribution in [0.5, 0.6) is 11.5 Å². The molecule has 1 heterocycles. The van der Waals surface area contributed by atoms with Gasteiger partial charge in [-0.15, -0.1) is 0 Å². The molecule has 140 valence electrons. The molecular formula is C21H23N3O3. The van der Waals surface area contributed by atoms with Crippen molar-refractivity contribution in [1.29, 1.82) is 0 Å². The molecule has 0 saturated heterocycles. The fourth-order valence-corrected chi connectivity index (χ4v) is 2.76. The lowest BCUT2D eigenvalue weighted by Gasteiger charge is -2.12. The van der Waals surface area contributed by atoms with Crippen LogP contribution in [0.4, 0.5) is 5.69 Å². The molecule has 0 aliphatic rings. The van der Waals surface area contributed by atoms with Crippen molar-refractivity contribution < 1.29 is 14.3 Å². The van der Waals surface area contributed by atoms with Crippen LogP contribution >= 0.6 is 0 Å². The van der Waals surface area contributed by atoms with Gasteiger partial charge in [0.15, 0.2) is 0 Å². The third-order valence-electron chi connectivity index (χ3n) is 4.00. The van der Waals surface area contributed by atoms with Crippen molar-refractivity contribution in [3.8, 4) is 22.6 Å². The van der Waals surface area contributed by atoms with Gasteiger partial charge in [-0.2, -0.15) is 5.10 Å². The Morgan fingerprint density at radius 3 is 2.63 bits per heavy atom. The van der Waals surface area contributed by atoms with E-state index in [4.69, 9.17) is 9.47 Å². The van der Waals surface area contributed by atoms with E-state index in [1.165, 1.54) is 6.92 Å². The van der Waals surface area contributed by atoms with E-state index in [0.29, 0.717) is 18.9 Å². The fourth-order valence-electron chi connectivity index (χ4n) is 2.76. The molecular weight excluding hydrogens is 342 g/mol. The summed E-state index contributed by atoms with van der Waals surface area (Å²) in [5, 5.41) is 7.15. The smallest absolute Gasteiger partial charge is 0.221 e. The first-order valence-corrected chi connectivity index (χ1v) is 8.73. The van der Waals surface area contributed by atoms with Gasteiger partial charge in [0.25, 0.3) is 0 Å². The van der Waals surface area contributed by atoms with Crippen molar-refractivity contribution in [2.24, 2.45) is 0 Å². The molecule has 0 atom stereocenters. The van der Waals surface area contributed by atoms with Crippen molar-refractivity contribution in [2.45, 2.75) is 20.4 Å². The largest absolute Gasteiger partial charge is 0.497 e. The molecule has 0 bridgehead atoms. The van der Waals surface area contributed by atoms with E-state index < -0.39 is 0 Å². The van der Waals surface area contributed by atoms with Crippen LogP contribution in [0.1, 0.15) is 12.6 Å². The maximum absolute atomic E-state index is 11.3. The molecule has 0 aliphatic heterocycles. The number of hydrogen-bond acceptors (Lipinski definition) is 4. The Balaban J connectivity index is 1.77. The number of methoxy groups -OCH3 is 1. The highest BCUT2D eigenvalue weighted by atomic mass is 16.5. The summed E-state index contributed by atoms with van der Waals surface area (Å²) < 4.78 is 13.2. The van der Waals surface area contributed by atoms with Gasteiger partial charge in [-0.3, -0.25) is 9.48 Å². The van der Waals surface area contributed by atoms with Gasteiger partial charge >= 0.3 is 0 Å². The minimum Gasteiger partial charge on any atom is -0.497 e. The average molecular weight is 365 g/mol. The maximum Gasteiger partial charge on any atom is 0.221 e. The van der Waals surface area contributed by atoms with Gasteiger partial charge in [-0.1, -0.05) is 12.1 Å². The Bertz CT molecular complexity index is 934. The van der Waals surface area contributed by atoms with E-state index >= 15 is 0 Å². The third-order valence-corrected chi connectivity index (χ3v) is 4.00. The zero-order chi connectivity index (χ0) is 19.2. The van der Waals surface area contributed by atoms with Crippen LogP contribution in [-0.4, -0.2) is 29.4 Å². The first-order valence-electron chi connectivity index (χ1n) is 8.73. The predicted octanol–water partition coefficient (Wildman–Crippen LogP) is 3.90. The molecule has 0 radical (unpaired) electrons. The number of carbonyl (C=O) groups is 1. The molecule has 6 nitrogen and oxygen atoms in total. The molecule has 0 aliphatic carbocycles. The second-order valence-corrected chi connectivity index (χ2v) is 6.23. The summed E-state index contributed by atoms with van der Waals surface area (Å²) >= 11 is 0. The molecule has 6 heteroatoms. The number of benzene rings is 2. The summed E-state index contributed by atoms with van der Waals surface area (Å²) in [5.41, 5.74) is 3.65. The van der Waals surface area contributed by atoms with Crippen LogP contribution in [-0.2, 0) is 11.3 Å². The number of ether oxygens (including phenoxy) is 2. The van der Waals surface area contributed by atoms with E-state index in [1.54, 1.807) is 7.11 Å². The normalized spacial score (nSPS) is 10.5. The molecule has 0 spiro atoms. The van der Waals surface area contributed by atoms with Crippen LogP contribution in [0.2, 0.25) is 0 Å². The maximum atomic E-state index is 11.3. The van der Waals surface area contributed by atoms with E-state index in [0.717, 1.165) is 28.3 Å². The van der Waals surface area contributed by atoms with Gasteiger partial charge in [-0.05, 0) is 48.4 Å². The first kappa shape index (κ1) is 18.5. The minimum absolute atomic E-state index is 0.101. The number of anilines is 1. The highest BCUT2D eigenvalue weighted by Gasteiger charge is 2.07. The van der Waals surface area contributed by atoms with Crippen LogP contribution in [0.15, 0.2) is 54.7 Å². The molecule has 27 heavy (non-hydrogen) atoms. The van der Waals surface area contributed by atoms with Gasteiger partial charge in [-0.25, -0.2) is 0 Å². The zero-order valence-electron chi connectivity index (χ0n) is 15.7. The lowest BCUT2D eigenvalue weighted by Crippen LogP contribution is -2.09. The summed E-state index contributed by atoms with van der Waals surface area (Å²) in [5.74, 6) is 1.33. The Kier molecular flexibility index (Phi) is 5.76. The standard InChI is InChI=1S/C21H23N3O3/c1-15-7-8-24(23-15)9-10-27-21-13-18(12-20(14-21)26-3)17-5-4-6-19(11-17)22-16(2)25/h4-8,11-14H,9-10H2,1-3H3,(H,22,25). The van der Waals surface area contributed by atoms with Gasteiger partial charge < -0.3 is 14.8 Å². The van der Waals surface area contributed by atoms with Gasteiger partial charge in [0.2, 0.25) is 5.91 Å². The summed E-state index contributed by atoms with van der Waals surface area (Å²) in [7, 11) is 1.63. The fraction of sp³-hybridized carbons (Fsp3) is 0.238. The molecule has 0 unspecified atom stereocenters. The molecule has 0 fully saturated rings. The molecule has 1 N–H and O–H groups in total. The Morgan fingerprint density at radius 1 is 1.11 bits per heavy atom. The number of hydrogen-bond donors (Lipinski definition) is 1. The molecule has 0 saturated carbocycles. The third kappa shape index (κ3) is 5.10. The molecule has 1 amide bonds. The highest BCUT2D eigenvalue weighted by Crippen LogP contribution is 2.31. The number of aryl methyl sites for hydroxylation is 1. The molecule has 1 aromatic heterocycles. The topological polar surface area (TPSA) is 65.4 Å². The zero-order valence-corrected chi connectivity index (χ0v) is 15.7. The van der Waals surface area contributed by atoms with Gasteiger partial charge in [0, 0.05) is 24.9 Å². The van der Waals surface area contributed by atoms with Crippen molar-refractivity contribution >= 4 is 11.6 Å². The van der Waals surface area contributed by atoms with Crippen LogP contribution in [0.3, 0.4) is 0 Å². The Hall–Kier alpha value is -3.28. The summed E-state index contributed by atoms with van der Waals surface area (Å²) in [6.07, 6.45) is 1.93. The van der Waals surface area contributed by atoms with Gasteiger partial charge in [0.1, 0.15) is 18.1 Å². The number of rotatable bonds is 7. The predicted molar refractivity (Wildman–Crippen MR) is 105 cm³/mol. The van der Waals surface area contributed by atoms with Crippen LogP contribution in [0, 0.1) is 6.92 Å². The van der Waals surface area contributed by atoms with Crippen molar-refractivity contribution in [2.75, 3.05) is 19.0 Å².